The Kier molecular flexibility index (Phi) is 8.73. The van der Waals surface area contributed by atoms with Gasteiger partial charge in [-0.15, -0.1) is 0 Å². The van der Waals surface area contributed by atoms with Crippen LogP contribution >= 0.6 is 0 Å². The van der Waals surface area contributed by atoms with Crippen LogP contribution in [0.15, 0.2) is 60.7 Å². The Morgan fingerprint density at radius 1 is 0.767 bits per heavy atom. The summed E-state index contributed by atoms with van der Waals surface area (Å²) >= 11 is 0. The minimum atomic E-state index is -2.39. The van der Waals surface area contributed by atoms with Crippen molar-refractivity contribution in [3.63, 3.8) is 0 Å². The van der Waals surface area contributed by atoms with Crippen molar-refractivity contribution in [2.24, 2.45) is 5.92 Å². The van der Waals surface area contributed by atoms with E-state index in [1.54, 1.807) is 0 Å². The quantitative estimate of drug-likeness (QED) is 0.347. The molecule has 0 atom stereocenters. The zero-order valence-electron chi connectivity index (χ0n) is 19.2. The van der Waals surface area contributed by atoms with Gasteiger partial charge in [-0.1, -0.05) is 101 Å². The van der Waals surface area contributed by atoms with Gasteiger partial charge in [-0.25, -0.2) is 0 Å². The van der Waals surface area contributed by atoms with Gasteiger partial charge in [-0.2, -0.15) is 0 Å². The van der Waals surface area contributed by atoms with E-state index in [-0.39, 0.29) is 5.04 Å². The second-order valence-electron chi connectivity index (χ2n) is 9.80. The van der Waals surface area contributed by atoms with Crippen LogP contribution in [0.5, 0.6) is 0 Å². The van der Waals surface area contributed by atoms with Crippen molar-refractivity contribution < 1.29 is 9.16 Å². The molecule has 0 aliphatic heterocycles. The van der Waals surface area contributed by atoms with Gasteiger partial charge in [0.1, 0.15) is 0 Å². The first-order chi connectivity index (χ1) is 14.5. The first-order valence-corrected chi connectivity index (χ1v) is 13.8. The number of hydrogen-bond acceptors (Lipinski definition) is 2. The van der Waals surface area contributed by atoms with Gasteiger partial charge in [0.05, 0.1) is 0 Å². The second kappa shape index (κ2) is 11.3. The molecular weight excluding hydrogens is 384 g/mol. The molecule has 0 radical (unpaired) electrons. The molecule has 1 aliphatic carbocycles. The van der Waals surface area contributed by atoms with Gasteiger partial charge in [-0.3, -0.25) is 0 Å². The van der Waals surface area contributed by atoms with Crippen LogP contribution in [0.3, 0.4) is 0 Å². The molecule has 0 saturated heterocycles. The molecule has 1 aliphatic rings. The van der Waals surface area contributed by atoms with Gasteiger partial charge in [0.15, 0.2) is 0 Å². The number of benzene rings is 2. The van der Waals surface area contributed by atoms with Gasteiger partial charge in [-0.05, 0) is 47.0 Å². The van der Waals surface area contributed by atoms with Gasteiger partial charge in [0.25, 0.3) is 8.32 Å². The molecule has 2 aromatic carbocycles. The van der Waals surface area contributed by atoms with Crippen molar-refractivity contribution in [1.29, 1.82) is 0 Å². The fourth-order valence-electron chi connectivity index (χ4n) is 4.90. The Balaban J connectivity index is 1.60. The molecule has 1 fully saturated rings. The molecule has 0 aromatic heterocycles. The first kappa shape index (κ1) is 23.2. The molecule has 30 heavy (non-hydrogen) atoms. The van der Waals surface area contributed by atoms with Gasteiger partial charge < -0.3 is 9.16 Å². The van der Waals surface area contributed by atoms with E-state index in [1.807, 2.05) is 0 Å². The molecule has 0 spiro atoms. The first-order valence-electron chi connectivity index (χ1n) is 11.9. The lowest BCUT2D eigenvalue weighted by Crippen LogP contribution is -2.66. The highest BCUT2D eigenvalue weighted by Gasteiger charge is 2.49. The number of unbranched alkanes of at least 4 members (excludes halogenated alkanes) is 1. The van der Waals surface area contributed by atoms with Crippen molar-refractivity contribution >= 4 is 18.7 Å². The van der Waals surface area contributed by atoms with Crippen molar-refractivity contribution in [2.45, 2.75) is 70.8 Å². The molecule has 1 saturated carbocycles. The minimum Gasteiger partial charge on any atom is -0.407 e. The second-order valence-corrected chi connectivity index (χ2v) is 14.1. The molecular formula is C27H40O2Si. The largest absolute Gasteiger partial charge is 0.407 e. The Hall–Kier alpha value is -1.42. The lowest BCUT2D eigenvalue weighted by molar-refractivity contribution is 0.0805. The monoisotopic (exact) mass is 424 g/mol. The molecule has 0 N–H and O–H groups in total. The topological polar surface area (TPSA) is 18.5 Å². The molecule has 2 nitrogen and oxygen atoms in total. The number of rotatable bonds is 10. The SMILES string of the molecule is CC(C)(C)[Si](OCCCCOCC1CCCCC1)(c1ccccc1)c1ccccc1. The molecule has 0 amide bonds. The van der Waals surface area contributed by atoms with E-state index in [1.165, 1.54) is 42.5 Å². The van der Waals surface area contributed by atoms with Gasteiger partial charge in [0.2, 0.25) is 0 Å². The fraction of sp³-hybridized carbons (Fsp3) is 0.556. The fourth-order valence-corrected chi connectivity index (χ4v) is 9.50. The molecule has 0 heterocycles. The van der Waals surface area contributed by atoms with E-state index in [2.05, 4.69) is 81.4 Å². The molecule has 0 bridgehead atoms. The Labute approximate surface area is 185 Å². The summed E-state index contributed by atoms with van der Waals surface area (Å²) in [7, 11) is -2.39. The third kappa shape index (κ3) is 5.84. The van der Waals surface area contributed by atoms with E-state index < -0.39 is 8.32 Å². The summed E-state index contributed by atoms with van der Waals surface area (Å²) in [4.78, 5) is 0. The number of hydrogen-bond donors (Lipinski definition) is 0. The van der Waals surface area contributed by atoms with Gasteiger partial charge in [0, 0.05) is 19.8 Å². The van der Waals surface area contributed by atoms with Crippen LogP contribution in [-0.2, 0) is 9.16 Å². The highest BCUT2D eigenvalue weighted by Crippen LogP contribution is 2.36. The summed E-state index contributed by atoms with van der Waals surface area (Å²) in [6.45, 7) is 9.63. The van der Waals surface area contributed by atoms with Crippen molar-refractivity contribution in [3.05, 3.63) is 60.7 Å². The summed E-state index contributed by atoms with van der Waals surface area (Å²) in [6, 6.07) is 21.8. The van der Waals surface area contributed by atoms with E-state index >= 15 is 0 Å². The van der Waals surface area contributed by atoms with E-state index in [4.69, 9.17) is 9.16 Å². The maximum Gasteiger partial charge on any atom is 0.261 e. The lowest BCUT2D eigenvalue weighted by Gasteiger charge is -2.43. The Morgan fingerprint density at radius 3 is 1.83 bits per heavy atom. The zero-order chi connectivity index (χ0) is 21.3. The molecule has 0 unspecified atom stereocenters. The van der Waals surface area contributed by atoms with E-state index in [0.29, 0.717) is 0 Å². The maximum atomic E-state index is 6.95. The summed E-state index contributed by atoms with van der Waals surface area (Å²) in [5.74, 6) is 0.798. The van der Waals surface area contributed by atoms with Gasteiger partial charge >= 0.3 is 0 Å². The van der Waals surface area contributed by atoms with Crippen LogP contribution in [0.4, 0.5) is 0 Å². The van der Waals surface area contributed by atoms with Crippen LogP contribution in [0.2, 0.25) is 5.04 Å². The normalized spacial score (nSPS) is 16.0. The van der Waals surface area contributed by atoms with Crippen molar-refractivity contribution in [2.75, 3.05) is 19.8 Å². The van der Waals surface area contributed by atoms with Crippen LogP contribution in [0.25, 0.3) is 0 Å². The Morgan fingerprint density at radius 2 is 1.30 bits per heavy atom. The summed E-state index contributed by atoms with van der Waals surface area (Å²) in [5, 5.41) is 2.77. The summed E-state index contributed by atoms with van der Waals surface area (Å²) < 4.78 is 12.9. The average molecular weight is 425 g/mol. The van der Waals surface area contributed by atoms with Crippen LogP contribution in [0.1, 0.15) is 65.7 Å². The third-order valence-electron chi connectivity index (χ3n) is 6.50. The zero-order valence-corrected chi connectivity index (χ0v) is 20.2. The van der Waals surface area contributed by atoms with Crippen molar-refractivity contribution in [3.8, 4) is 0 Å². The molecule has 164 valence electrons. The van der Waals surface area contributed by atoms with Crippen LogP contribution < -0.4 is 10.4 Å². The highest BCUT2D eigenvalue weighted by atomic mass is 28.4. The lowest BCUT2D eigenvalue weighted by atomic mass is 9.90. The predicted molar refractivity (Wildman–Crippen MR) is 130 cm³/mol. The average Bonchev–Trinajstić information content (AvgIpc) is 2.77. The van der Waals surface area contributed by atoms with Crippen molar-refractivity contribution in [1.82, 2.24) is 0 Å². The predicted octanol–water partition coefficient (Wildman–Crippen LogP) is 5.94. The third-order valence-corrected chi connectivity index (χ3v) is 11.5. The smallest absolute Gasteiger partial charge is 0.261 e. The number of ether oxygens (including phenoxy) is 1. The van der Waals surface area contributed by atoms with E-state index in [0.717, 1.165) is 38.6 Å². The van der Waals surface area contributed by atoms with Crippen LogP contribution in [-0.4, -0.2) is 28.1 Å². The van der Waals surface area contributed by atoms with Crippen LogP contribution in [0, 0.1) is 5.92 Å². The standard InChI is InChI=1S/C27H40O2Si/c1-27(2,3)30(25-17-9-5-10-18-25,26-19-11-6-12-20-26)29-22-14-13-21-28-23-24-15-7-4-8-16-24/h5-6,9-12,17-20,24H,4,7-8,13-16,21-23H2,1-3H3. The molecule has 3 heteroatoms. The molecule has 3 rings (SSSR count). The highest BCUT2D eigenvalue weighted by molar-refractivity contribution is 6.99. The maximum absolute atomic E-state index is 6.95. The summed E-state index contributed by atoms with van der Waals surface area (Å²) in [6.07, 6.45) is 9.03. The van der Waals surface area contributed by atoms with E-state index in [9.17, 15) is 0 Å². The Bertz CT molecular complexity index is 678. The summed E-state index contributed by atoms with van der Waals surface area (Å²) in [5.41, 5.74) is 0. The molecule has 2 aromatic rings. The minimum absolute atomic E-state index is 0.0488.